The first-order valence-electron chi connectivity index (χ1n) is 4.39. The van der Waals surface area contributed by atoms with Crippen molar-refractivity contribution in [2.75, 3.05) is 0 Å². The van der Waals surface area contributed by atoms with E-state index in [1.165, 1.54) is 4.52 Å². The molecule has 1 aliphatic carbocycles. The summed E-state index contributed by atoms with van der Waals surface area (Å²) in [5.41, 5.74) is 0.848. The standard InChI is InChI=1S/C8H7BrN4O/c9-7-11-8-10-5(4-1-2-4)3-6(14)13(8)12-7/h3-4H,1-2H2,(H,10,11,12). The van der Waals surface area contributed by atoms with E-state index in [9.17, 15) is 4.79 Å². The Balaban J connectivity index is 2.32. The molecule has 2 aromatic heterocycles. The predicted octanol–water partition coefficient (Wildman–Crippen LogP) is 1.06. The summed E-state index contributed by atoms with van der Waals surface area (Å²) in [6.07, 6.45) is 2.31. The molecule has 2 aromatic rings. The Bertz CT molecular complexity index is 554. The van der Waals surface area contributed by atoms with E-state index >= 15 is 0 Å². The van der Waals surface area contributed by atoms with E-state index in [0.29, 0.717) is 16.4 Å². The molecule has 1 saturated carbocycles. The van der Waals surface area contributed by atoms with Gasteiger partial charge in [0.1, 0.15) is 0 Å². The first-order chi connectivity index (χ1) is 6.74. The SMILES string of the molecule is O=c1cc(C2CC2)[nH]c2nc(Br)nn12. The van der Waals surface area contributed by atoms with Crippen LogP contribution in [0.15, 0.2) is 15.6 Å². The highest BCUT2D eigenvalue weighted by atomic mass is 79.9. The van der Waals surface area contributed by atoms with Gasteiger partial charge >= 0.3 is 0 Å². The maximum absolute atomic E-state index is 11.6. The first-order valence-corrected chi connectivity index (χ1v) is 5.19. The average molecular weight is 255 g/mol. The van der Waals surface area contributed by atoms with Crippen molar-refractivity contribution >= 4 is 21.7 Å². The minimum Gasteiger partial charge on any atom is -0.327 e. The lowest BCUT2D eigenvalue weighted by Crippen LogP contribution is -2.15. The lowest BCUT2D eigenvalue weighted by Gasteiger charge is -1.97. The molecule has 0 aliphatic heterocycles. The highest BCUT2D eigenvalue weighted by Crippen LogP contribution is 2.38. The number of hydrogen-bond donors (Lipinski definition) is 1. The van der Waals surface area contributed by atoms with Crippen molar-refractivity contribution in [2.45, 2.75) is 18.8 Å². The van der Waals surface area contributed by atoms with E-state index < -0.39 is 0 Å². The van der Waals surface area contributed by atoms with Gasteiger partial charge < -0.3 is 4.98 Å². The molecule has 2 heterocycles. The summed E-state index contributed by atoms with van der Waals surface area (Å²) in [5.74, 6) is 1.02. The fourth-order valence-electron chi connectivity index (χ4n) is 1.50. The number of H-pyrrole nitrogens is 1. The molecule has 3 rings (SSSR count). The Kier molecular flexibility index (Phi) is 1.55. The highest BCUT2D eigenvalue weighted by Gasteiger charge is 2.25. The molecule has 72 valence electrons. The molecule has 0 amide bonds. The van der Waals surface area contributed by atoms with E-state index in [-0.39, 0.29) is 5.56 Å². The number of nitrogens with one attached hydrogen (secondary N) is 1. The molecule has 0 bridgehead atoms. The van der Waals surface area contributed by atoms with Gasteiger partial charge in [0.05, 0.1) is 0 Å². The third-order valence-corrected chi connectivity index (χ3v) is 2.68. The van der Waals surface area contributed by atoms with Gasteiger partial charge in [0, 0.05) is 11.8 Å². The molecule has 0 unspecified atom stereocenters. The normalized spacial score (nSPS) is 16.4. The quantitative estimate of drug-likeness (QED) is 0.828. The molecule has 0 saturated heterocycles. The molecule has 6 heteroatoms. The van der Waals surface area contributed by atoms with Crippen molar-refractivity contribution in [3.63, 3.8) is 0 Å². The summed E-state index contributed by atoms with van der Waals surface area (Å²) in [4.78, 5) is 18.7. The number of fused-ring (bicyclic) bond motifs is 1. The second-order valence-corrected chi connectivity index (χ2v) is 4.16. The molecular weight excluding hydrogens is 248 g/mol. The van der Waals surface area contributed by atoms with Crippen molar-refractivity contribution in [1.82, 2.24) is 19.6 Å². The molecule has 0 spiro atoms. The number of halogens is 1. The lowest BCUT2D eigenvalue weighted by atomic mass is 10.3. The molecule has 0 aromatic carbocycles. The van der Waals surface area contributed by atoms with Crippen molar-refractivity contribution in [3.05, 3.63) is 26.8 Å². The van der Waals surface area contributed by atoms with E-state index in [1.54, 1.807) is 6.07 Å². The van der Waals surface area contributed by atoms with E-state index in [2.05, 4.69) is 31.0 Å². The third kappa shape index (κ3) is 1.18. The van der Waals surface area contributed by atoms with Crippen LogP contribution in [-0.4, -0.2) is 19.6 Å². The fraction of sp³-hybridized carbons (Fsp3) is 0.375. The van der Waals surface area contributed by atoms with Crippen molar-refractivity contribution < 1.29 is 0 Å². The Labute approximate surface area is 87.3 Å². The smallest absolute Gasteiger partial charge is 0.275 e. The van der Waals surface area contributed by atoms with Gasteiger partial charge in [0.15, 0.2) is 0 Å². The van der Waals surface area contributed by atoms with Crippen LogP contribution >= 0.6 is 15.9 Å². The molecular formula is C8H7BrN4O. The van der Waals surface area contributed by atoms with Gasteiger partial charge in [-0.25, -0.2) is 0 Å². The molecule has 0 atom stereocenters. The van der Waals surface area contributed by atoms with Gasteiger partial charge in [-0.15, -0.1) is 5.10 Å². The van der Waals surface area contributed by atoms with Gasteiger partial charge in [0.2, 0.25) is 10.5 Å². The lowest BCUT2D eigenvalue weighted by molar-refractivity contribution is 0.865. The Morgan fingerprint density at radius 3 is 3.07 bits per heavy atom. The number of nitrogens with zero attached hydrogens (tertiary/aromatic N) is 3. The van der Waals surface area contributed by atoms with E-state index in [0.717, 1.165) is 18.5 Å². The molecule has 1 aliphatic rings. The fourth-order valence-corrected chi connectivity index (χ4v) is 1.82. The van der Waals surface area contributed by atoms with Gasteiger partial charge in [-0.1, -0.05) is 0 Å². The van der Waals surface area contributed by atoms with Crippen LogP contribution in [0.3, 0.4) is 0 Å². The predicted molar refractivity (Wildman–Crippen MR) is 53.3 cm³/mol. The summed E-state index contributed by atoms with van der Waals surface area (Å²) in [6, 6.07) is 1.60. The van der Waals surface area contributed by atoms with E-state index in [1.807, 2.05) is 0 Å². The topological polar surface area (TPSA) is 63.0 Å². The van der Waals surface area contributed by atoms with Crippen LogP contribution < -0.4 is 5.56 Å². The molecule has 0 radical (unpaired) electrons. The van der Waals surface area contributed by atoms with Gasteiger partial charge in [-0.05, 0) is 34.7 Å². The van der Waals surface area contributed by atoms with Crippen molar-refractivity contribution in [3.8, 4) is 0 Å². The van der Waals surface area contributed by atoms with Crippen LogP contribution in [0.25, 0.3) is 5.78 Å². The summed E-state index contributed by atoms with van der Waals surface area (Å²) in [5, 5.41) is 3.91. The van der Waals surface area contributed by atoms with Crippen LogP contribution in [0.2, 0.25) is 0 Å². The van der Waals surface area contributed by atoms with Crippen molar-refractivity contribution in [2.24, 2.45) is 0 Å². The monoisotopic (exact) mass is 254 g/mol. The zero-order valence-electron chi connectivity index (χ0n) is 7.20. The minimum absolute atomic E-state index is 0.126. The number of hydrogen-bond acceptors (Lipinski definition) is 3. The number of rotatable bonds is 1. The molecule has 1 fully saturated rings. The summed E-state index contributed by atoms with van der Waals surface area (Å²) in [7, 11) is 0. The largest absolute Gasteiger partial charge is 0.327 e. The summed E-state index contributed by atoms with van der Waals surface area (Å²) in [6.45, 7) is 0. The van der Waals surface area contributed by atoms with E-state index in [4.69, 9.17) is 0 Å². The average Bonchev–Trinajstić information content (AvgIpc) is 2.89. The summed E-state index contributed by atoms with van der Waals surface area (Å²) >= 11 is 3.13. The van der Waals surface area contributed by atoms with Crippen LogP contribution in [-0.2, 0) is 0 Å². The number of aromatic amines is 1. The Hall–Kier alpha value is -1.17. The van der Waals surface area contributed by atoms with Crippen LogP contribution in [0, 0.1) is 0 Å². The first kappa shape index (κ1) is 8.16. The van der Waals surface area contributed by atoms with Crippen LogP contribution in [0.1, 0.15) is 24.5 Å². The maximum atomic E-state index is 11.6. The second kappa shape index (κ2) is 2.66. The molecule has 14 heavy (non-hydrogen) atoms. The van der Waals surface area contributed by atoms with Gasteiger partial charge in [0.25, 0.3) is 5.56 Å². The van der Waals surface area contributed by atoms with Gasteiger partial charge in [-0.2, -0.15) is 9.50 Å². The number of aromatic nitrogens is 4. The third-order valence-electron chi connectivity index (χ3n) is 2.34. The highest BCUT2D eigenvalue weighted by molar-refractivity contribution is 9.10. The Morgan fingerprint density at radius 1 is 1.57 bits per heavy atom. The maximum Gasteiger partial charge on any atom is 0.275 e. The van der Waals surface area contributed by atoms with Crippen molar-refractivity contribution in [1.29, 1.82) is 0 Å². The minimum atomic E-state index is -0.126. The molecule has 5 nitrogen and oxygen atoms in total. The second-order valence-electron chi connectivity index (χ2n) is 3.45. The van der Waals surface area contributed by atoms with Crippen LogP contribution in [0.4, 0.5) is 0 Å². The van der Waals surface area contributed by atoms with Gasteiger partial charge in [-0.3, -0.25) is 4.79 Å². The van der Waals surface area contributed by atoms with Crippen LogP contribution in [0.5, 0.6) is 0 Å². The zero-order chi connectivity index (χ0) is 9.71. The summed E-state index contributed by atoms with van der Waals surface area (Å²) < 4.78 is 1.69. The molecule has 1 N–H and O–H groups in total. The zero-order valence-corrected chi connectivity index (χ0v) is 8.78. The Morgan fingerprint density at radius 2 is 2.36 bits per heavy atom.